The number of likely N-dealkylation sites (tertiary alicyclic amines) is 1. The first-order valence-electron chi connectivity index (χ1n) is 3.82. The smallest absolute Gasteiger partial charge is 0.234 e. The lowest BCUT2D eigenvalue weighted by Gasteiger charge is -2.20. The normalized spacial score (nSPS) is 28.7. The van der Waals surface area contributed by atoms with E-state index in [-0.39, 0.29) is 18.1 Å². The first kappa shape index (κ1) is 8.49. The van der Waals surface area contributed by atoms with E-state index in [1.807, 2.05) is 4.90 Å². The number of aliphatic hydroxyl groups excluding tert-OH is 1. The fraction of sp³-hybridized carbons (Fsp3) is 0.857. The average Bonchev–Trinajstić information content (AvgIpc) is 2.34. The maximum Gasteiger partial charge on any atom is 0.234 e. The largest absolute Gasteiger partial charge is 0.392 e. The molecule has 1 aliphatic heterocycles. The van der Waals surface area contributed by atoms with Crippen LogP contribution in [0.15, 0.2) is 0 Å². The molecule has 11 heavy (non-hydrogen) atoms. The third-order valence-corrected chi connectivity index (χ3v) is 2.15. The number of hydrogen-bond donors (Lipinski definition) is 2. The van der Waals surface area contributed by atoms with Gasteiger partial charge < -0.3 is 10.8 Å². The third-order valence-electron chi connectivity index (χ3n) is 2.15. The van der Waals surface area contributed by atoms with Crippen LogP contribution in [0.4, 0.5) is 0 Å². The van der Waals surface area contributed by atoms with Gasteiger partial charge in [-0.1, -0.05) is 0 Å². The van der Waals surface area contributed by atoms with Gasteiger partial charge in [-0.3, -0.25) is 9.69 Å². The maximum atomic E-state index is 10.7. The molecule has 0 aromatic heterocycles. The van der Waals surface area contributed by atoms with Crippen LogP contribution in [-0.4, -0.2) is 41.1 Å². The number of nitrogens with two attached hydrogens (primary N) is 1. The van der Waals surface area contributed by atoms with E-state index in [4.69, 9.17) is 10.8 Å². The number of amides is 1. The minimum atomic E-state index is -0.320. The van der Waals surface area contributed by atoms with Crippen molar-refractivity contribution in [3.63, 3.8) is 0 Å². The van der Waals surface area contributed by atoms with Crippen LogP contribution in [0.3, 0.4) is 0 Å². The van der Waals surface area contributed by atoms with Gasteiger partial charge in [0, 0.05) is 13.1 Å². The number of primary amides is 1. The number of rotatable bonds is 2. The molecule has 0 bridgehead atoms. The highest BCUT2D eigenvalue weighted by Gasteiger charge is 2.26. The Labute approximate surface area is 66.0 Å². The standard InChI is InChI=1S/C7H14N2O2/c1-5(7(8)11)9-3-2-6(10)4-9/h5-6,10H,2-4H2,1H3,(H2,8,11)/t5?,6-/m1/s1. The Morgan fingerprint density at radius 2 is 2.45 bits per heavy atom. The Hall–Kier alpha value is -0.610. The summed E-state index contributed by atoms with van der Waals surface area (Å²) in [6, 6.07) is -0.243. The Balaban J connectivity index is 2.43. The first-order chi connectivity index (χ1) is 5.11. The van der Waals surface area contributed by atoms with Crippen molar-refractivity contribution in [1.82, 2.24) is 4.90 Å². The minimum Gasteiger partial charge on any atom is -0.392 e. The predicted molar refractivity (Wildman–Crippen MR) is 40.9 cm³/mol. The third kappa shape index (κ3) is 1.91. The van der Waals surface area contributed by atoms with Gasteiger partial charge in [0.1, 0.15) is 0 Å². The molecule has 1 aliphatic rings. The summed E-state index contributed by atoms with van der Waals surface area (Å²) in [6.07, 6.45) is 0.467. The van der Waals surface area contributed by atoms with E-state index >= 15 is 0 Å². The quantitative estimate of drug-likeness (QED) is 0.537. The number of aliphatic hydroxyl groups is 1. The molecule has 1 amide bonds. The summed E-state index contributed by atoms with van der Waals surface area (Å²) in [7, 11) is 0. The summed E-state index contributed by atoms with van der Waals surface area (Å²) in [5.74, 6) is -0.320. The van der Waals surface area contributed by atoms with E-state index < -0.39 is 0 Å². The van der Waals surface area contributed by atoms with Crippen molar-refractivity contribution >= 4 is 5.91 Å². The molecule has 0 radical (unpaired) electrons. The van der Waals surface area contributed by atoms with Crippen molar-refractivity contribution in [3.05, 3.63) is 0 Å². The minimum absolute atomic E-state index is 0.243. The second-order valence-electron chi connectivity index (χ2n) is 3.02. The molecule has 0 saturated carbocycles. The van der Waals surface area contributed by atoms with Gasteiger partial charge in [-0.05, 0) is 13.3 Å². The molecule has 0 spiro atoms. The molecule has 0 aliphatic carbocycles. The van der Waals surface area contributed by atoms with Crippen molar-refractivity contribution in [2.75, 3.05) is 13.1 Å². The van der Waals surface area contributed by atoms with Gasteiger partial charge >= 0.3 is 0 Å². The topological polar surface area (TPSA) is 66.6 Å². The Morgan fingerprint density at radius 3 is 2.82 bits per heavy atom. The lowest BCUT2D eigenvalue weighted by Crippen LogP contribution is -2.41. The molecule has 4 heteroatoms. The van der Waals surface area contributed by atoms with Crippen molar-refractivity contribution in [3.8, 4) is 0 Å². The predicted octanol–water partition coefficient (Wildman–Crippen LogP) is -1.07. The Bertz CT molecular complexity index is 161. The van der Waals surface area contributed by atoms with E-state index in [0.29, 0.717) is 6.54 Å². The molecule has 2 atom stereocenters. The summed E-state index contributed by atoms with van der Waals surface area (Å²) in [5.41, 5.74) is 5.10. The van der Waals surface area contributed by atoms with Gasteiger partial charge in [0.15, 0.2) is 0 Å². The molecule has 0 aromatic rings. The van der Waals surface area contributed by atoms with E-state index in [1.165, 1.54) is 0 Å². The van der Waals surface area contributed by atoms with Crippen LogP contribution < -0.4 is 5.73 Å². The van der Waals surface area contributed by atoms with Crippen LogP contribution in [-0.2, 0) is 4.79 Å². The SMILES string of the molecule is CC(C(N)=O)N1CC[C@@H](O)C1. The van der Waals surface area contributed by atoms with E-state index in [1.54, 1.807) is 6.92 Å². The van der Waals surface area contributed by atoms with E-state index in [9.17, 15) is 4.79 Å². The van der Waals surface area contributed by atoms with Crippen LogP contribution in [0.25, 0.3) is 0 Å². The van der Waals surface area contributed by atoms with Crippen molar-refractivity contribution in [1.29, 1.82) is 0 Å². The van der Waals surface area contributed by atoms with E-state index in [2.05, 4.69) is 0 Å². The second-order valence-corrected chi connectivity index (χ2v) is 3.02. The summed E-state index contributed by atoms with van der Waals surface area (Å²) in [4.78, 5) is 12.6. The molecule has 1 saturated heterocycles. The van der Waals surface area contributed by atoms with Gasteiger partial charge in [-0.25, -0.2) is 0 Å². The summed E-state index contributed by atoms with van der Waals surface area (Å²) < 4.78 is 0. The van der Waals surface area contributed by atoms with Crippen LogP contribution in [0.5, 0.6) is 0 Å². The van der Waals surface area contributed by atoms with Crippen LogP contribution in [0.2, 0.25) is 0 Å². The van der Waals surface area contributed by atoms with Gasteiger partial charge in [0.25, 0.3) is 0 Å². The maximum absolute atomic E-state index is 10.7. The molecule has 1 heterocycles. The fourth-order valence-electron chi connectivity index (χ4n) is 1.30. The number of carbonyl (C=O) groups is 1. The molecule has 1 rings (SSSR count). The first-order valence-corrected chi connectivity index (χ1v) is 3.82. The highest BCUT2D eigenvalue weighted by atomic mass is 16.3. The lowest BCUT2D eigenvalue weighted by molar-refractivity contribution is -0.122. The molecule has 4 nitrogen and oxygen atoms in total. The zero-order valence-corrected chi connectivity index (χ0v) is 6.66. The van der Waals surface area contributed by atoms with Crippen molar-refractivity contribution in [2.24, 2.45) is 5.73 Å². The molecular weight excluding hydrogens is 144 g/mol. The van der Waals surface area contributed by atoms with E-state index in [0.717, 1.165) is 13.0 Å². The zero-order valence-electron chi connectivity index (χ0n) is 6.66. The molecule has 0 aromatic carbocycles. The molecule has 1 unspecified atom stereocenters. The van der Waals surface area contributed by atoms with Crippen molar-refractivity contribution in [2.45, 2.75) is 25.5 Å². The number of hydrogen-bond acceptors (Lipinski definition) is 3. The van der Waals surface area contributed by atoms with Gasteiger partial charge in [0.2, 0.25) is 5.91 Å². The summed E-state index contributed by atoms with van der Waals surface area (Å²) >= 11 is 0. The number of nitrogens with zero attached hydrogens (tertiary/aromatic N) is 1. The lowest BCUT2D eigenvalue weighted by atomic mass is 10.3. The highest BCUT2D eigenvalue weighted by molar-refractivity contribution is 5.79. The number of β-amino-alcohol motifs (C(OH)–C–C–N with tert-alkyl or cyclic N) is 1. The Morgan fingerprint density at radius 1 is 1.82 bits per heavy atom. The summed E-state index contributed by atoms with van der Waals surface area (Å²) in [6.45, 7) is 3.11. The second kappa shape index (κ2) is 3.19. The molecule has 1 fully saturated rings. The van der Waals surface area contributed by atoms with Crippen LogP contribution >= 0.6 is 0 Å². The fourth-order valence-corrected chi connectivity index (χ4v) is 1.30. The monoisotopic (exact) mass is 158 g/mol. The van der Waals surface area contributed by atoms with Gasteiger partial charge in [-0.15, -0.1) is 0 Å². The van der Waals surface area contributed by atoms with Gasteiger partial charge in [-0.2, -0.15) is 0 Å². The molecule has 64 valence electrons. The van der Waals surface area contributed by atoms with Gasteiger partial charge in [0.05, 0.1) is 12.1 Å². The summed E-state index contributed by atoms with van der Waals surface area (Å²) in [5, 5.41) is 9.14. The highest BCUT2D eigenvalue weighted by Crippen LogP contribution is 2.11. The Kier molecular flexibility index (Phi) is 2.46. The van der Waals surface area contributed by atoms with Crippen LogP contribution in [0, 0.1) is 0 Å². The number of carbonyl (C=O) groups excluding carboxylic acids is 1. The molecular formula is C7H14N2O2. The molecule has 3 N–H and O–H groups in total. The zero-order chi connectivity index (χ0) is 8.43. The van der Waals surface area contributed by atoms with Crippen molar-refractivity contribution < 1.29 is 9.90 Å². The average molecular weight is 158 g/mol. The van der Waals surface area contributed by atoms with Crippen LogP contribution in [0.1, 0.15) is 13.3 Å².